The van der Waals surface area contributed by atoms with Gasteiger partial charge in [0.25, 0.3) is 0 Å². The van der Waals surface area contributed by atoms with Crippen molar-refractivity contribution in [3.05, 3.63) is 217 Å². The molecule has 8 aromatic carbocycles. The van der Waals surface area contributed by atoms with Crippen LogP contribution in [-0.4, -0.2) is 9.97 Å². The van der Waals surface area contributed by atoms with Crippen LogP contribution in [0.15, 0.2) is 205 Å². The average molecular weight is 729 g/mol. The number of hydrogen-bond acceptors (Lipinski definition) is 3. The number of benzene rings is 8. The smallest absolute Gasteiger partial charge is 0.160 e. The first-order valence-electron chi connectivity index (χ1n) is 19.5. The predicted octanol–water partition coefficient (Wildman–Crippen LogP) is 14.0. The molecule has 3 heteroatoms. The van der Waals surface area contributed by atoms with E-state index in [9.17, 15) is 0 Å². The third-order valence-corrected chi connectivity index (χ3v) is 11.8. The normalized spacial score (nSPS) is 14.5. The number of furan rings is 1. The Bertz CT molecular complexity index is 3140. The predicted molar refractivity (Wildman–Crippen MR) is 234 cm³/mol. The monoisotopic (exact) mass is 728 g/mol. The summed E-state index contributed by atoms with van der Waals surface area (Å²) >= 11 is 0. The average Bonchev–Trinajstić information content (AvgIpc) is 3.80. The third-order valence-electron chi connectivity index (χ3n) is 11.8. The van der Waals surface area contributed by atoms with E-state index in [1.54, 1.807) is 0 Å². The number of rotatable bonds is 6. The lowest BCUT2D eigenvalue weighted by molar-refractivity contribution is 0.670. The maximum absolute atomic E-state index is 6.42. The minimum absolute atomic E-state index is 0.305. The highest BCUT2D eigenvalue weighted by atomic mass is 16.3. The zero-order valence-electron chi connectivity index (χ0n) is 31.4. The summed E-state index contributed by atoms with van der Waals surface area (Å²) in [7, 11) is 0. The van der Waals surface area contributed by atoms with Gasteiger partial charge in [-0.2, -0.15) is 0 Å². The Balaban J connectivity index is 1.03. The lowest BCUT2D eigenvalue weighted by Crippen LogP contribution is -2.22. The molecule has 0 bridgehead atoms. The SMILES string of the molecule is CC1(c2ccccc2)c2ccccc2-c2ccc(-c3cc(-c4cccc(-c5cccc(-c6cccc7c6oc6ccccc67)c5)c4)nc(-c4ccccc4)n3)cc21. The van der Waals surface area contributed by atoms with Gasteiger partial charge >= 0.3 is 0 Å². The molecule has 0 N–H and O–H groups in total. The summed E-state index contributed by atoms with van der Waals surface area (Å²) in [6.07, 6.45) is 0. The molecule has 0 amide bonds. The van der Waals surface area contributed by atoms with Crippen LogP contribution in [0, 0.1) is 0 Å². The molecule has 1 aliphatic carbocycles. The van der Waals surface area contributed by atoms with Crippen LogP contribution in [0.4, 0.5) is 0 Å². The molecule has 0 saturated carbocycles. The highest BCUT2D eigenvalue weighted by Crippen LogP contribution is 2.53. The fourth-order valence-corrected chi connectivity index (χ4v) is 8.89. The van der Waals surface area contributed by atoms with Gasteiger partial charge < -0.3 is 4.42 Å². The van der Waals surface area contributed by atoms with Gasteiger partial charge in [-0.25, -0.2) is 9.97 Å². The fourth-order valence-electron chi connectivity index (χ4n) is 8.89. The summed E-state index contributed by atoms with van der Waals surface area (Å²) in [4.78, 5) is 10.5. The van der Waals surface area contributed by atoms with Crippen LogP contribution in [0.25, 0.3) is 89.2 Å². The van der Waals surface area contributed by atoms with Crippen LogP contribution in [-0.2, 0) is 5.41 Å². The van der Waals surface area contributed by atoms with Crippen molar-refractivity contribution in [1.29, 1.82) is 0 Å². The fraction of sp³-hybridized carbons (Fsp3) is 0.0370. The molecule has 3 nitrogen and oxygen atoms in total. The van der Waals surface area contributed by atoms with E-state index in [2.05, 4.69) is 177 Å². The van der Waals surface area contributed by atoms with Crippen LogP contribution >= 0.6 is 0 Å². The Hall–Kier alpha value is -7.36. The molecule has 2 aromatic heterocycles. The van der Waals surface area contributed by atoms with Gasteiger partial charge in [0, 0.05) is 38.4 Å². The van der Waals surface area contributed by atoms with Gasteiger partial charge in [-0.1, -0.05) is 170 Å². The van der Waals surface area contributed by atoms with E-state index in [0.29, 0.717) is 5.82 Å². The third kappa shape index (κ3) is 5.43. The van der Waals surface area contributed by atoms with Crippen molar-refractivity contribution >= 4 is 21.9 Å². The highest BCUT2D eigenvalue weighted by Gasteiger charge is 2.40. The summed E-state index contributed by atoms with van der Waals surface area (Å²) in [6, 6.07) is 71.0. The van der Waals surface area contributed by atoms with Gasteiger partial charge in [0.05, 0.1) is 11.4 Å². The Labute approximate surface area is 331 Å². The molecule has 1 unspecified atom stereocenters. The number of nitrogens with zero attached hydrogens (tertiary/aromatic N) is 2. The van der Waals surface area contributed by atoms with Crippen molar-refractivity contribution in [2.24, 2.45) is 0 Å². The van der Waals surface area contributed by atoms with Crippen LogP contribution in [0.3, 0.4) is 0 Å². The van der Waals surface area contributed by atoms with Crippen molar-refractivity contribution in [2.75, 3.05) is 0 Å². The van der Waals surface area contributed by atoms with Crippen molar-refractivity contribution in [2.45, 2.75) is 12.3 Å². The van der Waals surface area contributed by atoms with E-state index in [0.717, 1.165) is 72.3 Å². The quantitative estimate of drug-likeness (QED) is 0.171. The first-order valence-corrected chi connectivity index (χ1v) is 19.5. The summed E-state index contributed by atoms with van der Waals surface area (Å²) in [5, 5.41) is 2.26. The largest absolute Gasteiger partial charge is 0.455 e. The van der Waals surface area contributed by atoms with E-state index in [4.69, 9.17) is 14.4 Å². The molecular weight excluding hydrogens is 693 g/mol. The number of fused-ring (bicyclic) bond motifs is 6. The van der Waals surface area contributed by atoms with Gasteiger partial charge in [0.1, 0.15) is 11.2 Å². The standard InChI is InChI=1S/C54H36N2O/c1-54(41-21-6-3-7-22-41)47-27-10-8-23-43(47)44-30-29-40(33-48(44)54)50-34-49(55-53(56-50)35-15-4-2-5-16-35)39-20-13-18-37(32-39)36-17-12-19-38(31-36)42-25-14-26-46-45-24-9-11-28-51(45)57-52(42)46/h2-34H,1H3. The van der Waals surface area contributed by atoms with Crippen LogP contribution in [0.2, 0.25) is 0 Å². The van der Waals surface area contributed by atoms with Gasteiger partial charge in [-0.05, 0) is 81.8 Å². The first-order chi connectivity index (χ1) is 28.1. The van der Waals surface area contributed by atoms with Gasteiger partial charge in [0.15, 0.2) is 5.82 Å². The van der Waals surface area contributed by atoms with Crippen molar-refractivity contribution < 1.29 is 4.42 Å². The second-order valence-corrected chi connectivity index (χ2v) is 15.1. The highest BCUT2D eigenvalue weighted by molar-refractivity contribution is 6.09. The Morgan fingerprint density at radius 2 is 0.947 bits per heavy atom. The zero-order chi connectivity index (χ0) is 37.9. The molecule has 2 heterocycles. The maximum Gasteiger partial charge on any atom is 0.160 e. The van der Waals surface area contributed by atoms with E-state index in [-0.39, 0.29) is 5.41 Å². The summed E-state index contributed by atoms with van der Waals surface area (Å²) in [5.41, 5.74) is 17.2. The molecule has 0 radical (unpaired) electrons. The molecule has 0 fully saturated rings. The van der Waals surface area contributed by atoms with E-state index in [1.165, 1.54) is 27.8 Å². The molecule has 57 heavy (non-hydrogen) atoms. The van der Waals surface area contributed by atoms with Crippen LogP contribution in [0.5, 0.6) is 0 Å². The first kappa shape index (κ1) is 33.0. The van der Waals surface area contributed by atoms with Crippen LogP contribution < -0.4 is 0 Å². The minimum Gasteiger partial charge on any atom is -0.455 e. The lowest BCUT2D eigenvalue weighted by Gasteiger charge is -2.28. The second-order valence-electron chi connectivity index (χ2n) is 15.1. The minimum atomic E-state index is -0.305. The topological polar surface area (TPSA) is 38.9 Å². The second kappa shape index (κ2) is 13.1. The van der Waals surface area contributed by atoms with Crippen molar-refractivity contribution in [3.8, 4) is 67.3 Å². The molecule has 268 valence electrons. The Morgan fingerprint density at radius 1 is 0.386 bits per heavy atom. The van der Waals surface area contributed by atoms with Crippen LogP contribution in [0.1, 0.15) is 23.6 Å². The Kier molecular flexibility index (Phi) is 7.61. The van der Waals surface area contributed by atoms with Gasteiger partial charge in [-0.3, -0.25) is 0 Å². The van der Waals surface area contributed by atoms with Gasteiger partial charge in [-0.15, -0.1) is 0 Å². The molecule has 0 aliphatic heterocycles. The van der Waals surface area contributed by atoms with Gasteiger partial charge in [0.2, 0.25) is 0 Å². The molecule has 0 saturated heterocycles. The molecule has 0 spiro atoms. The maximum atomic E-state index is 6.42. The zero-order valence-corrected chi connectivity index (χ0v) is 31.4. The van der Waals surface area contributed by atoms with E-state index in [1.807, 2.05) is 30.3 Å². The van der Waals surface area contributed by atoms with E-state index < -0.39 is 0 Å². The van der Waals surface area contributed by atoms with Crippen molar-refractivity contribution in [3.63, 3.8) is 0 Å². The summed E-state index contributed by atoms with van der Waals surface area (Å²) in [6.45, 7) is 2.36. The van der Waals surface area contributed by atoms with Crippen molar-refractivity contribution in [1.82, 2.24) is 9.97 Å². The molecule has 11 rings (SSSR count). The molecule has 10 aromatic rings. The number of hydrogen-bond donors (Lipinski definition) is 0. The summed E-state index contributed by atoms with van der Waals surface area (Å²) < 4.78 is 6.42. The molecule has 1 aliphatic rings. The number of aromatic nitrogens is 2. The molecule has 1 atom stereocenters. The van der Waals surface area contributed by atoms with E-state index >= 15 is 0 Å². The summed E-state index contributed by atoms with van der Waals surface area (Å²) in [5.74, 6) is 0.698. The number of para-hydroxylation sites is 2. The lowest BCUT2D eigenvalue weighted by atomic mass is 9.74. The molecular formula is C54H36N2O. The Morgan fingerprint density at radius 3 is 1.75 bits per heavy atom.